The van der Waals surface area contributed by atoms with Crippen molar-refractivity contribution in [3.63, 3.8) is 0 Å². The van der Waals surface area contributed by atoms with Gasteiger partial charge in [-0.15, -0.1) is 0 Å². The molecule has 0 N–H and O–H groups in total. The van der Waals surface area contributed by atoms with Crippen molar-refractivity contribution in [3.8, 4) is 0 Å². The maximum atomic E-state index is 12.3. The summed E-state index contributed by atoms with van der Waals surface area (Å²) in [4.78, 5) is 25.7. The number of amides is 1. The number of carbonyl (C=O) groups excluding carboxylic acids is 2. The van der Waals surface area contributed by atoms with Gasteiger partial charge in [-0.25, -0.2) is 4.79 Å². The van der Waals surface area contributed by atoms with Crippen LogP contribution < -0.4 is 0 Å². The van der Waals surface area contributed by atoms with Crippen molar-refractivity contribution in [1.29, 1.82) is 0 Å². The molecule has 2 bridgehead atoms. The minimum atomic E-state index is -0.467. The summed E-state index contributed by atoms with van der Waals surface area (Å²) in [6, 6.07) is 0.323. The van der Waals surface area contributed by atoms with Gasteiger partial charge in [0.1, 0.15) is 11.2 Å². The van der Waals surface area contributed by atoms with Crippen LogP contribution in [0.2, 0.25) is 0 Å². The molecule has 1 amide bonds. The highest BCUT2D eigenvalue weighted by Gasteiger charge is 2.54. The molecule has 3 fully saturated rings. The molecule has 3 saturated heterocycles. The number of piperidine rings is 1. The van der Waals surface area contributed by atoms with Gasteiger partial charge in [-0.3, -0.25) is 4.79 Å². The van der Waals surface area contributed by atoms with Crippen LogP contribution in [0, 0.1) is 0 Å². The highest BCUT2D eigenvalue weighted by atomic mass is 16.6. The zero-order valence-corrected chi connectivity index (χ0v) is 12.5. The largest absolute Gasteiger partial charge is 0.459 e. The highest BCUT2D eigenvalue weighted by Crippen LogP contribution is 2.47. The topological polar surface area (TPSA) is 55.8 Å². The van der Waals surface area contributed by atoms with Gasteiger partial charge in [0.05, 0.1) is 0 Å². The van der Waals surface area contributed by atoms with Gasteiger partial charge in [-0.2, -0.15) is 0 Å². The second-order valence-corrected chi connectivity index (χ2v) is 7.34. The average molecular weight is 281 g/mol. The van der Waals surface area contributed by atoms with E-state index in [2.05, 4.69) is 0 Å². The van der Waals surface area contributed by atoms with E-state index >= 15 is 0 Å². The minimum absolute atomic E-state index is 0.0879. The maximum Gasteiger partial charge on any atom is 0.410 e. The lowest BCUT2D eigenvalue weighted by Gasteiger charge is -2.43. The summed E-state index contributed by atoms with van der Waals surface area (Å²) in [5.41, 5.74) is -0.771. The molecule has 3 aliphatic heterocycles. The summed E-state index contributed by atoms with van der Waals surface area (Å²) in [5.74, 6) is -0.0879. The molecule has 5 heteroatoms. The summed E-state index contributed by atoms with van der Waals surface area (Å²) in [6.07, 6.45) is 4.63. The molecule has 0 aliphatic carbocycles. The fourth-order valence-electron chi connectivity index (χ4n) is 3.88. The number of hydrogen-bond acceptors (Lipinski definition) is 4. The van der Waals surface area contributed by atoms with E-state index in [1.807, 2.05) is 25.7 Å². The van der Waals surface area contributed by atoms with Gasteiger partial charge in [0, 0.05) is 31.3 Å². The fourth-order valence-corrected chi connectivity index (χ4v) is 3.88. The maximum absolute atomic E-state index is 12.3. The molecule has 2 atom stereocenters. The minimum Gasteiger partial charge on any atom is -0.459 e. The summed E-state index contributed by atoms with van der Waals surface area (Å²) < 4.78 is 11.1. The Morgan fingerprint density at radius 3 is 2.35 bits per heavy atom. The molecule has 2 unspecified atom stereocenters. The van der Waals surface area contributed by atoms with Crippen molar-refractivity contribution in [1.82, 2.24) is 4.90 Å². The lowest BCUT2D eigenvalue weighted by Crippen LogP contribution is -2.54. The molecule has 3 rings (SSSR count). The lowest BCUT2D eigenvalue weighted by molar-refractivity contribution is -0.153. The van der Waals surface area contributed by atoms with Gasteiger partial charge in [0.25, 0.3) is 0 Å². The third-order valence-corrected chi connectivity index (χ3v) is 4.55. The van der Waals surface area contributed by atoms with Crippen LogP contribution in [-0.2, 0) is 14.3 Å². The number of fused-ring (bicyclic) bond motifs is 2. The van der Waals surface area contributed by atoms with E-state index < -0.39 is 5.60 Å². The van der Waals surface area contributed by atoms with E-state index in [1.165, 1.54) is 0 Å². The van der Waals surface area contributed by atoms with Crippen molar-refractivity contribution in [2.24, 2.45) is 0 Å². The molecule has 0 aromatic heterocycles. The molecule has 0 saturated carbocycles. The van der Waals surface area contributed by atoms with Crippen LogP contribution in [-0.4, -0.2) is 40.2 Å². The Morgan fingerprint density at radius 2 is 1.90 bits per heavy atom. The molecule has 1 spiro atoms. The van der Waals surface area contributed by atoms with Crippen LogP contribution in [0.15, 0.2) is 0 Å². The first-order chi connectivity index (χ1) is 9.28. The molecule has 112 valence electrons. The van der Waals surface area contributed by atoms with Crippen molar-refractivity contribution in [2.75, 3.05) is 0 Å². The third kappa shape index (κ3) is 2.38. The normalized spacial score (nSPS) is 36.4. The van der Waals surface area contributed by atoms with Crippen molar-refractivity contribution in [2.45, 2.75) is 82.6 Å². The van der Waals surface area contributed by atoms with Gasteiger partial charge in [-0.05, 0) is 40.0 Å². The van der Waals surface area contributed by atoms with Gasteiger partial charge in [-0.1, -0.05) is 0 Å². The number of hydrogen-bond donors (Lipinski definition) is 0. The van der Waals surface area contributed by atoms with Crippen LogP contribution in [0.5, 0.6) is 0 Å². The fraction of sp³-hybridized carbons (Fsp3) is 0.867. The Morgan fingerprint density at radius 1 is 1.30 bits per heavy atom. The second-order valence-electron chi connectivity index (χ2n) is 7.34. The van der Waals surface area contributed by atoms with Gasteiger partial charge < -0.3 is 14.4 Å². The Kier molecular flexibility index (Phi) is 2.99. The smallest absolute Gasteiger partial charge is 0.410 e. The number of rotatable bonds is 0. The third-order valence-electron chi connectivity index (χ3n) is 4.55. The van der Waals surface area contributed by atoms with Crippen molar-refractivity contribution in [3.05, 3.63) is 0 Å². The molecule has 0 aromatic carbocycles. The number of ether oxygens (including phenoxy) is 2. The molecule has 0 aromatic rings. The van der Waals surface area contributed by atoms with E-state index in [4.69, 9.17) is 9.47 Å². The Labute approximate surface area is 119 Å². The standard InChI is InChI=1S/C15H23NO4/c1-14(2,3)20-13(18)16-10-4-5-11(16)9-15(8-10)7-6-12(17)19-15/h10-11H,4-9H2,1-3H3. The van der Waals surface area contributed by atoms with Gasteiger partial charge in [0.15, 0.2) is 0 Å². The molecule has 3 aliphatic rings. The van der Waals surface area contributed by atoms with Crippen LogP contribution in [0.25, 0.3) is 0 Å². The number of nitrogens with zero attached hydrogens (tertiary/aromatic N) is 1. The summed E-state index contributed by atoms with van der Waals surface area (Å²) in [6.45, 7) is 5.66. The number of carbonyl (C=O) groups is 2. The van der Waals surface area contributed by atoms with E-state index in [0.717, 1.165) is 32.1 Å². The van der Waals surface area contributed by atoms with E-state index in [0.29, 0.717) is 6.42 Å². The monoisotopic (exact) mass is 281 g/mol. The predicted molar refractivity (Wildman–Crippen MR) is 72.2 cm³/mol. The average Bonchev–Trinajstić information content (AvgIpc) is 2.77. The molecule has 5 nitrogen and oxygen atoms in total. The predicted octanol–water partition coefficient (Wildman–Crippen LogP) is 2.62. The molecule has 0 radical (unpaired) electrons. The van der Waals surface area contributed by atoms with Gasteiger partial charge in [0.2, 0.25) is 0 Å². The van der Waals surface area contributed by atoms with Crippen molar-refractivity contribution < 1.29 is 19.1 Å². The van der Waals surface area contributed by atoms with Crippen LogP contribution in [0.4, 0.5) is 4.79 Å². The molecular formula is C15H23NO4. The zero-order valence-electron chi connectivity index (χ0n) is 12.5. The number of esters is 1. The van der Waals surface area contributed by atoms with Crippen LogP contribution >= 0.6 is 0 Å². The van der Waals surface area contributed by atoms with Crippen LogP contribution in [0.1, 0.15) is 59.3 Å². The Balaban J connectivity index is 1.72. The Hall–Kier alpha value is -1.26. The summed E-state index contributed by atoms with van der Waals surface area (Å²) in [5, 5.41) is 0. The first-order valence-electron chi connectivity index (χ1n) is 7.51. The Bertz CT molecular complexity index is 426. The quantitative estimate of drug-likeness (QED) is 0.640. The van der Waals surface area contributed by atoms with Gasteiger partial charge >= 0.3 is 12.1 Å². The van der Waals surface area contributed by atoms with E-state index in [1.54, 1.807) is 0 Å². The lowest BCUT2D eigenvalue weighted by atomic mass is 9.84. The molecule has 20 heavy (non-hydrogen) atoms. The summed E-state index contributed by atoms with van der Waals surface area (Å²) in [7, 11) is 0. The zero-order chi connectivity index (χ0) is 14.5. The highest BCUT2D eigenvalue weighted by molar-refractivity contribution is 5.73. The van der Waals surface area contributed by atoms with E-state index in [-0.39, 0.29) is 29.7 Å². The summed E-state index contributed by atoms with van der Waals surface area (Å²) >= 11 is 0. The second kappa shape index (κ2) is 4.37. The molecule has 3 heterocycles. The molecular weight excluding hydrogens is 258 g/mol. The SMILES string of the molecule is CC(C)(C)OC(=O)N1C2CCC1CC1(CCC(=O)O1)C2. The first-order valence-corrected chi connectivity index (χ1v) is 7.51. The van der Waals surface area contributed by atoms with Crippen LogP contribution in [0.3, 0.4) is 0 Å². The first kappa shape index (κ1) is 13.7. The van der Waals surface area contributed by atoms with E-state index in [9.17, 15) is 9.59 Å². The van der Waals surface area contributed by atoms with Crippen molar-refractivity contribution >= 4 is 12.1 Å².